The zero-order valence-electron chi connectivity index (χ0n) is 10.8. The first-order valence-electron chi connectivity index (χ1n) is 6.20. The number of benzene rings is 1. The van der Waals surface area contributed by atoms with Gasteiger partial charge in [0.25, 0.3) is 0 Å². The molecule has 0 saturated carbocycles. The largest absolute Gasteiger partial charge is 0.486 e. The van der Waals surface area contributed by atoms with Crippen LogP contribution in [0.4, 0.5) is 0 Å². The maximum Gasteiger partial charge on any atom is 0.162 e. The van der Waals surface area contributed by atoms with Crippen LogP contribution >= 0.6 is 34.5 Å². The number of ether oxygens (including phenoxy) is 2. The van der Waals surface area contributed by atoms with Gasteiger partial charge >= 0.3 is 0 Å². The molecule has 6 heteroatoms. The smallest absolute Gasteiger partial charge is 0.162 e. The van der Waals surface area contributed by atoms with Crippen molar-refractivity contribution in [2.75, 3.05) is 20.3 Å². The fourth-order valence-corrected chi connectivity index (χ4v) is 3.80. The van der Waals surface area contributed by atoms with E-state index in [2.05, 4.69) is 5.32 Å². The van der Waals surface area contributed by atoms with Crippen LogP contribution in [0.5, 0.6) is 11.5 Å². The van der Waals surface area contributed by atoms with Crippen molar-refractivity contribution in [3.8, 4) is 11.5 Å². The van der Waals surface area contributed by atoms with E-state index in [4.69, 9.17) is 32.7 Å². The first kappa shape index (κ1) is 14.0. The quantitative estimate of drug-likeness (QED) is 0.918. The molecule has 1 aliphatic heterocycles. The van der Waals surface area contributed by atoms with Gasteiger partial charge in [0, 0.05) is 16.0 Å². The van der Waals surface area contributed by atoms with Crippen LogP contribution in [0.15, 0.2) is 23.6 Å². The fourth-order valence-electron chi connectivity index (χ4n) is 2.24. The molecule has 3 rings (SSSR count). The number of hydrogen-bond acceptors (Lipinski definition) is 4. The van der Waals surface area contributed by atoms with E-state index in [1.165, 1.54) is 0 Å². The molecule has 106 valence electrons. The van der Waals surface area contributed by atoms with Crippen molar-refractivity contribution in [3.63, 3.8) is 0 Å². The molecule has 0 aliphatic carbocycles. The zero-order valence-corrected chi connectivity index (χ0v) is 13.1. The highest BCUT2D eigenvalue weighted by Crippen LogP contribution is 2.41. The van der Waals surface area contributed by atoms with Crippen LogP contribution in [0.1, 0.15) is 16.5 Å². The Kier molecular flexibility index (Phi) is 4.08. The Bertz CT molecular complexity index is 630. The van der Waals surface area contributed by atoms with Crippen LogP contribution in [0, 0.1) is 0 Å². The van der Waals surface area contributed by atoms with Crippen molar-refractivity contribution in [1.82, 2.24) is 5.32 Å². The van der Waals surface area contributed by atoms with Gasteiger partial charge in [-0.05, 0) is 30.1 Å². The van der Waals surface area contributed by atoms with E-state index in [1.807, 2.05) is 24.6 Å². The molecule has 0 bridgehead atoms. The highest BCUT2D eigenvalue weighted by molar-refractivity contribution is 7.10. The van der Waals surface area contributed by atoms with Crippen molar-refractivity contribution in [2.24, 2.45) is 0 Å². The summed E-state index contributed by atoms with van der Waals surface area (Å²) in [5.74, 6) is 1.42. The maximum absolute atomic E-state index is 6.39. The van der Waals surface area contributed by atoms with Gasteiger partial charge < -0.3 is 14.8 Å². The summed E-state index contributed by atoms with van der Waals surface area (Å²) >= 11 is 14.2. The third-order valence-corrected chi connectivity index (χ3v) is 4.92. The minimum absolute atomic E-state index is 0.0640. The van der Waals surface area contributed by atoms with Crippen LogP contribution in [-0.4, -0.2) is 20.3 Å². The zero-order chi connectivity index (χ0) is 14.1. The summed E-state index contributed by atoms with van der Waals surface area (Å²) in [5.41, 5.74) is 0.933. The van der Waals surface area contributed by atoms with Gasteiger partial charge in [-0.25, -0.2) is 0 Å². The number of hydrogen-bond donors (Lipinski definition) is 1. The topological polar surface area (TPSA) is 30.5 Å². The molecule has 1 unspecified atom stereocenters. The fraction of sp³-hybridized carbons (Fsp3) is 0.286. The average molecular weight is 330 g/mol. The van der Waals surface area contributed by atoms with E-state index in [-0.39, 0.29) is 6.04 Å². The van der Waals surface area contributed by atoms with Crippen molar-refractivity contribution in [2.45, 2.75) is 6.04 Å². The van der Waals surface area contributed by atoms with Gasteiger partial charge in [0.1, 0.15) is 13.2 Å². The number of halogens is 2. The van der Waals surface area contributed by atoms with Gasteiger partial charge in [-0.15, -0.1) is 11.3 Å². The van der Waals surface area contributed by atoms with Gasteiger partial charge in [-0.1, -0.05) is 23.2 Å². The summed E-state index contributed by atoms with van der Waals surface area (Å²) < 4.78 is 11.2. The first-order chi connectivity index (χ1) is 9.70. The molecule has 1 atom stereocenters. The predicted molar refractivity (Wildman–Crippen MR) is 82.7 cm³/mol. The second kappa shape index (κ2) is 5.82. The normalized spacial score (nSPS) is 15.2. The summed E-state index contributed by atoms with van der Waals surface area (Å²) in [5, 5.41) is 6.59. The van der Waals surface area contributed by atoms with Crippen LogP contribution in [-0.2, 0) is 0 Å². The number of fused-ring (bicyclic) bond motifs is 1. The van der Waals surface area contributed by atoms with E-state index in [0.717, 1.165) is 21.2 Å². The Balaban J connectivity index is 2.06. The van der Waals surface area contributed by atoms with E-state index in [0.29, 0.717) is 24.0 Å². The van der Waals surface area contributed by atoms with Crippen molar-refractivity contribution >= 4 is 34.5 Å². The summed E-state index contributed by atoms with van der Waals surface area (Å²) in [7, 11) is 1.88. The molecule has 1 aromatic carbocycles. The van der Waals surface area contributed by atoms with E-state index >= 15 is 0 Å². The lowest BCUT2D eigenvalue weighted by Gasteiger charge is -2.23. The molecular formula is C14H13Cl2NO2S. The molecule has 20 heavy (non-hydrogen) atoms. The number of nitrogens with one attached hydrogen (secondary N) is 1. The molecule has 3 nitrogen and oxygen atoms in total. The predicted octanol–water partition coefficient (Wildman–Crippen LogP) is 4.13. The molecule has 1 aromatic heterocycles. The SMILES string of the molecule is CNC(c1cc2c(cc1Cl)OCCO2)c1sccc1Cl. The molecular weight excluding hydrogens is 317 g/mol. The van der Waals surface area contributed by atoms with Gasteiger partial charge in [-0.3, -0.25) is 0 Å². The van der Waals surface area contributed by atoms with Crippen LogP contribution in [0.2, 0.25) is 10.0 Å². The van der Waals surface area contributed by atoms with Crippen molar-refractivity contribution in [3.05, 3.63) is 44.1 Å². The third kappa shape index (κ3) is 2.49. The lowest BCUT2D eigenvalue weighted by molar-refractivity contribution is 0.171. The molecule has 2 heterocycles. The second-order valence-corrected chi connectivity index (χ2v) is 6.13. The van der Waals surface area contributed by atoms with E-state index in [1.54, 1.807) is 17.4 Å². The summed E-state index contributed by atoms with van der Waals surface area (Å²) in [6, 6.07) is 5.55. The Labute approximate surface area is 131 Å². The van der Waals surface area contributed by atoms with Gasteiger partial charge in [-0.2, -0.15) is 0 Å². The monoisotopic (exact) mass is 329 g/mol. The van der Waals surface area contributed by atoms with E-state index < -0.39 is 0 Å². The molecule has 2 aromatic rings. The number of thiophene rings is 1. The highest BCUT2D eigenvalue weighted by atomic mass is 35.5. The highest BCUT2D eigenvalue weighted by Gasteiger charge is 2.23. The first-order valence-corrected chi connectivity index (χ1v) is 7.83. The van der Waals surface area contributed by atoms with Gasteiger partial charge in [0.2, 0.25) is 0 Å². The second-order valence-electron chi connectivity index (χ2n) is 4.37. The molecule has 0 spiro atoms. The summed E-state index contributed by atoms with van der Waals surface area (Å²) in [6.07, 6.45) is 0. The molecule has 0 radical (unpaired) electrons. The van der Waals surface area contributed by atoms with Gasteiger partial charge in [0.05, 0.1) is 11.1 Å². The minimum atomic E-state index is -0.0640. The number of rotatable bonds is 3. The van der Waals surface area contributed by atoms with Crippen molar-refractivity contribution < 1.29 is 9.47 Å². The maximum atomic E-state index is 6.39. The molecule has 0 fully saturated rings. The Hall–Kier alpha value is -0.940. The summed E-state index contributed by atoms with van der Waals surface area (Å²) in [6.45, 7) is 1.10. The van der Waals surface area contributed by atoms with Gasteiger partial charge in [0.15, 0.2) is 11.5 Å². The lowest BCUT2D eigenvalue weighted by Crippen LogP contribution is -2.19. The Morgan fingerprint density at radius 3 is 2.45 bits per heavy atom. The standard InChI is InChI=1S/C14H13Cl2NO2S/c1-17-13(14-9(15)2-5-20-14)8-6-11-12(7-10(8)16)19-4-3-18-11/h2,5-7,13,17H,3-4H2,1H3. The Morgan fingerprint density at radius 2 is 1.85 bits per heavy atom. The van der Waals surface area contributed by atoms with Crippen LogP contribution in [0.25, 0.3) is 0 Å². The molecule has 1 N–H and O–H groups in total. The molecule has 1 aliphatic rings. The van der Waals surface area contributed by atoms with Crippen molar-refractivity contribution in [1.29, 1.82) is 0 Å². The minimum Gasteiger partial charge on any atom is -0.486 e. The third-order valence-electron chi connectivity index (χ3n) is 3.17. The average Bonchev–Trinajstić information content (AvgIpc) is 2.87. The Morgan fingerprint density at radius 1 is 1.15 bits per heavy atom. The lowest BCUT2D eigenvalue weighted by atomic mass is 10.0. The van der Waals surface area contributed by atoms with Crippen LogP contribution < -0.4 is 14.8 Å². The van der Waals surface area contributed by atoms with E-state index in [9.17, 15) is 0 Å². The molecule has 0 saturated heterocycles. The summed E-state index contributed by atoms with van der Waals surface area (Å²) in [4.78, 5) is 1.03. The molecule has 0 amide bonds. The van der Waals surface area contributed by atoms with Crippen LogP contribution in [0.3, 0.4) is 0 Å².